The Morgan fingerprint density at radius 3 is 2.84 bits per heavy atom. The molecule has 0 aliphatic heterocycles. The number of aliphatic hydroxyl groups is 1. The fraction of sp³-hybridized carbons (Fsp3) is 0.533. The molecule has 0 unspecified atom stereocenters. The Morgan fingerprint density at radius 1 is 1.37 bits per heavy atom. The van der Waals surface area contributed by atoms with Gasteiger partial charge < -0.3 is 15.2 Å². The molecule has 106 valence electrons. The van der Waals surface area contributed by atoms with Crippen molar-refractivity contribution in [2.24, 2.45) is 0 Å². The summed E-state index contributed by atoms with van der Waals surface area (Å²) in [6.45, 7) is 5.00. The van der Waals surface area contributed by atoms with Gasteiger partial charge in [-0.15, -0.1) is 0 Å². The van der Waals surface area contributed by atoms with Crippen LogP contribution in [-0.4, -0.2) is 30.8 Å². The van der Waals surface area contributed by atoms with Gasteiger partial charge in [0.05, 0.1) is 0 Å². The first-order valence-electron chi connectivity index (χ1n) is 6.74. The highest BCUT2D eigenvalue weighted by atomic mass is 16.5. The number of aliphatic hydroxyl groups excluding tert-OH is 1. The van der Waals surface area contributed by atoms with Crippen LogP contribution in [0.5, 0.6) is 5.75 Å². The van der Waals surface area contributed by atoms with Crippen molar-refractivity contribution in [3.63, 3.8) is 0 Å². The zero-order valence-corrected chi connectivity index (χ0v) is 11.7. The molecule has 1 rings (SSSR count). The average molecular weight is 265 g/mol. The number of unbranched alkanes of at least 4 members (excludes halogenated alkanes) is 1. The number of hydrogen-bond donors (Lipinski definition) is 2. The third kappa shape index (κ3) is 6.25. The molecule has 0 aliphatic carbocycles. The second-order valence-corrected chi connectivity index (χ2v) is 4.80. The van der Waals surface area contributed by atoms with Crippen molar-refractivity contribution in [3.05, 3.63) is 29.8 Å². The molecular formula is C15H23NO3. The molecule has 0 aromatic heterocycles. The van der Waals surface area contributed by atoms with Crippen LogP contribution < -0.4 is 10.1 Å². The quantitative estimate of drug-likeness (QED) is 0.707. The third-order valence-electron chi connectivity index (χ3n) is 2.80. The van der Waals surface area contributed by atoms with E-state index in [0.717, 1.165) is 12.2 Å². The lowest BCUT2D eigenvalue weighted by molar-refractivity contribution is -0.123. The maximum Gasteiger partial charge on any atom is 0.257 e. The number of rotatable bonds is 8. The van der Waals surface area contributed by atoms with Crippen LogP contribution in [0, 0.1) is 0 Å². The van der Waals surface area contributed by atoms with Crippen molar-refractivity contribution in [1.82, 2.24) is 5.32 Å². The van der Waals surface area contributed by atoms with Crippen LogP contribution in [0.4, 0.5) is 0 Å². The number of hydrogen-bond acceptors (Lipinski definition) is 3. The fourth-order valence-electron chi connectivity index (χ4n) is 1.63. The minimum atomic E-state index is -0.132. The third-order valence-corrected chi connectivity index (χ3v) is 2.80. The van der Waals surface area contributed by atoms with Gasteiger partial charge >= 0.3 is 0 Å². The molecule has 19 heavy (non-hydrogen) atoms. The van der Waals surface area contributed by atoms with E-state index in [0.29, 0.717) is 18.9 Å². The largest absolute Gasteiger partial charge is 0.484 e. The molecule has 0 fully saturated rings. The summed E-state index contributed by atoms with van der Waals surface area (Å²) in [4.78, 5) is 11.5. The molecule has 4 nitrogen and oxygen atoms in total. The Balaban J connectivity index is 2.31. The first-order valence-corrected chi connectivity index (χ1v) is 6.74. The summed E-state index contributed by atoms with van der Waals surface area (Å²) >= 11 is 0. The van der Waals surface area contributed by atoms with Crippen molar-refractivity contribution < 1.29 is 14.6 Å². The summed E-state index contributed by atoms with van der Waals surface area (Å²) in [7, 11) is 0. The molecule has 0 saturated carbocycles. The summed E-state index contributed by atoms with van der Waals surface area (Å²) in [5, 5.41) is 11.4. The van der Waals surface area contributed by atoms with Gasteiger partial charge in [-0.05, 0) is 36.5 Å². The topological polar surface area (TPSA) is 58.6 Å². The molecule has 0 aliphatic rings. The van der Waals surface area contributed by atoms with E-state index in [9.17, 15) is 4.79 Å². The van der Waals surface area contributed by atoms with Crippen LogP contribution in [0.15, 0.2) is 24.3 Å². The highest BCUT2D eigenvalue weighted by Gasteiger charge is 2.04. The van der Waals surface area contributed by atoms with Crippen molar-refractivity contribution in [3.8, 4) is 5.75 Å². The van der Waals surface area contributed by atoms with E-state index in [2.05, 4.69) is 19.2 Å². The van der Waals surface area contributed by atoms with Gasteiger partial charge in [-0.3, -0.25) is 4.79 Å². The van der Waals surface area contributed by atoms with Crippen LogP contribution >= 0.6 is 0 Å². The first kappa shape index (κ1) is 15.5. The van der Waals surface area contributed by atoms with E-state index in [-0.39, 0.29) is 19.1 Å². The fourth-order valence-corrected chi connectivity index (χ4v) is 1.63. The van der Waals surface area contributed by atoms with Crippen LogP contribution in [0.3, 0.4) is 0 Å². The molecule has 1 amide bonds. The number of carbonyl (C=O) groups is 1. The normalized spacial score (nSPS) is 10.5. The van der Waals surface area contributed by atoms with E-state index in [1.807, 2.05) is 24.3 Å². The maximum absolute atomic E-state index is 11.5. The molecule has 0 saturated heterocycles. The standard InChI is InChI=1S/C15H23NO3/c1-12(2)13-6-5-7-14(10-13)19-11-15(18)16-8-3-4-9-17/h5-7,10,12,17H,3-4,8-9,11H2,1-2H3,(H,16,18). The average Bonchev–Trinajstić information content (AvgIpc) is 2.41. The number of benzene rings is 1. The summed E-state index contributed by atoms with van der Waals surface area (Å²) in [5.41, 5.74) is 1.20. The smallest absolute Gasteiger partial charge is 0.257 e. The molecule has 0 bridgehead atoms. The zero-order chi connectivity index (χ0) is 14.1. The zero-order valence-electron chi connectivity index (χ0n) is 11.7. The molecule has 0 heterocycles. The van der Waals surface area contributed by atoms with Crippen LogP contribution in [0.25, 0.3) is 0 Å². The second kappa shape index (κ2) is 8.53. The van der Waals surface area contributed by atoms with Gasteiger partial charge in [-0.2, -0.15) is 0 Å². The number of amides is 1. The molecular weight excluding hydrogens is 242 g/mol. The molecule has 1 aromatic rings. The molecule has 2 N–H and O–H groups in total. The van der Waals surface area contributed by atoms with E-state index in [1.165, 1.54) is 5.56 Å². The summed E-state index contributed by atoms with van der Waals surface area (Å²) < 4.78 is 5.45. The summed E-state index contributed by atoms with van der Waals surface area (Å²) in [5.74, 6) is 1.03. The lowest BCUT2D eigenvalue weighted by Gasteiger charge is -2.10. The second-order valence-electron chi connectivity index (χ2n) is 4.80. The SMILES string of the molecule is CC(C)c1cccc(OCC(=O)NCCCCO)c1. The number of nitrogens with one attached hydrogen (secondary N) is 1. The lowest BCUT2D eigenvalue weighted by atomic mass is 10.0. The van der Waals surface area contributed by atoms with E-state index >= 15 is 0 Å². The van der Waals surface area contributed by atoms with Gasteiger partial charge in [-0.1, -0.05) is 26.0 Å². The van der Waals surface area contributed by atoms with Crippen LogP contribution in [-0.2, 0) is 4.79 Å². The monoisotopic (exact) mass is 265 g/mol. The minimum absolute atomic E-state index is 0.0284. The maximum atomic E-state index is 11.5. The van der Waals surface area contributed by atoms with Gasteiger partial charge in [0, 0.05) is 13.2 Å². The Bertz CT molecular complexity index is 391. The van der Waals surface area contributed by atoms with Crippen molar-refractivity contribution in [1.29, 1.82) is 0 Å². The van der Waals surface area contributed by atoms with Gasteiger partial charge in [0.1, 0.15) is 5.75 Å². The highest BCUT2D eigenvalue weighted by molar-refractivity contribution is 5.77. The summed E-state index contributed by atoms with van der Waals surface area (Å²) in [6.07, 6.45) is 1.49. The van der Waals surface area contributed by atoms with Crippen molar-refractivity contribution in [2.45, 2.75) is 32.6 Å². The van der Waals surface area contributed by atoms with E-state index in [4.69, 9.17) is 9.84 Å². The molecule has 1 aromatic carbocycles. The Labute approximate surface area is 114 Å². The molecule has 0 atom stereocenters. The Kier molecular flexibility index (Phi) is 6.97. The molecule has 0 spiro atoms. The van der Waals surface area contributed by atoms with Gasteiger partial charge in [0.15, 0.2) is 6.61 Å². The molecule has 4 heteroatoms. The first-order chi connectivity index (χ1) is 9.13. The van der Waals surface area contributed by atoms with Crippen LogP contribution in [0.2, 0.25) is 0 Å². The van der Waals surface area contributed by atoms with E-state index in [1.54, 1.807) is 0 Å². The summed E-state index contributed by atoms with van der Waals surface area (Å²) in [6, 6.07) is 7.80. The van der Waals surface area contributed by atoms with Gasteiger partial charge in [0.25, 0.3) is 5.91 Å². The predicted molar refractivity (Wildman–Crippen MR) is 75.4 cm³/mol. The number of carbonyl (C=O) groups excluding carboxylic acids is 1. The van der Waals surface area contributed by atoms with E-state index < -0.39 is 0 Å². The highest BCUT2D eigenvalue weighted by Crippen LogP contribution is 2.19. The Morgan fingerprint density at radius 2 is 2.16 bits per heavy atom. The van der Waals surface area contributed by atoms with Crippen molar-refractivity contribution >= 4 is 5.91 Å². The lowest BCUT2D eigenvalue weighted by Crippen LogP contribution is -2.29. The number of ether oxygens (including phenoxy) is 1. The van der Waals surface area contributed by atoms with Crippen molar-refractivity contribution in [2.75, 3.05) is 19.8 Å². The predicted octanol–water partition coefficient (Wildman–Crippen LogP) is 2.08. The molecule has 0 radical (unpaired) electrons. The van der Waals surface area contributed by atoms with Gasteiger partial charge in [-0.25, -0.2) is 0 Å². The Hall–Kier alpha value is -1.55. The van der Waals surface area contributed by atoms with Gasteiger partial charge in [0.2, 0.25) is 0 Å². The van der Waals surface area contributed by atoms with Crippen LogP contribution in [0.1, 0.15) is 38.2 Å². The minimum Gasteiger partial charge on any atom is -0.484 e.